The van der Waals surface area contributed by atoms with Crippen LogP contribution in [0.4, 0.5) is 4.79 Å². The van der Waals surface area contributed by atoms with Crippen molar-refractivity contribution in [2.45, 2.75) is 266 Å². The zero-order chi connectivity index (χ0) is 79.6. The Morgan fingerprint density at radius 3 is 0.718 bits per heavy atom. The average molecular weight is 1600 g/mol. The number of carbonyl (C=O) groups excluding carboxylic acids is 1. The number of hydrogen-bond donors (Lipinski definition) is 3. The monoisotopic (exact) mass is 1590 g/mol. The molecule has 0 aliphatic carbocycles. The number of aliphatic hydroxyl groups excluding tert-OH is 1. The van der Waals surface area contributed by atoms with Crippen LogP contribution in [0.5, 0.6) is 0 Å². The van der Waals surface area contributed by atoms with Crippen LogP contribution in [0, 0.1) is 0 Å². The number of ether oxygens (including phenoxy) is 33. The van der Waals surface area contributed by atoms with E-state index in [1.807, 2.05) is 6.08 Å². The summed E-state index contributed by atoms with van der Waals surface area (Å²) in [6.07, 6.45) is -28.5. The first-order chi connectivity index (χ1) is 53.6. The van der Waals surface area contributed by atoms with Crippen LogP contribution in [0.2, 0.25) is 0 Å². The highest BCUT2D eigenvalue weighted by Gasteiger charge is 2.62. The lowest BCUT2D eigenvalue weighted by Gasteiger charge is -2.52. The van der Waals surface area contributed by atoms with Crippen molar-refractivity contribution in [3.63, 3.8) is 0 Å². The summed E-state index contributed by atoms with van der Waals surface area (Å²) < 4.78 is 215. The van der Waals surface area contributed by atoms with Crippen molar-refractivity contribution < 1.29 is 166 Å². The molecule has 21 heterocycles. The SMILES string of the molecule is C=CCCCCCCCCCNC(=O)NC[C@H]1O[C@@H]2O[C@H]3[C@@H](OC)[C@H](OC)[C@@H](O[C@H]4[C@@H](OC)[C@H](OC)[C@@H](O[C@H]5[C@H](OC)[C@@H](OC)C(O[C@H]6[C@H](OC)[C@@H](OC)[C@@H](O[C@H]7[C@H](OC)[C@@H](OC)[C@@H](O[C@H]8[C@H](OC)[C@@H](OC)[C@@H](O[C@H]1[C@H](OC)[C@@H]2OC)O[C@@H]8COC)O[C@@H]7COC)O[C@@H]6COC)O[C@@H]5COC)O[C@@H]4COC)O[C@@H]3CO. The van der Waals surface area contributed by atoms with Gasteiger partial charge in [0, 0.05) is 148 Å². The van der Waals surface area contributed by atoms with Gasteiger partial charge in [-0.3, -0.25) is 0 Å². The quantitative estimate of drug-likeness (QED) is 0.0572. The van der Waals surface area contributed by atoms with Gasteiger partial charge < -0.3 is 172 Å². The van der Waals surface area contributed by atoms with E-state index >= 15 is 0 Å². The number of methoxy groups -OCH3 is 19. The molecular weight excluding hydrogens is 1460 g/mol. The van der Waals surface area contributed by atoms with E-state index in [1.54, 1.807) is 0 Å². The molecule has 35 atom stereocenters. The van der Waals surface area contributed by atoms with E-state index < -0.39 is 228 Å². The van der Waals surface area contributed by atoms with E-state index in [0.717, 1.165) is 51.4 Å². The highest BCUT2D eigenvalue weighted by atomic mass is 16.8. The van der Waals surface area contributed by atoms with E-state index in [0.29, 0.717) is 6.54 Å². The number of allylic oxidation sites excluding steroid dienone is 1. The molecule has 0 aromatic heterocycles. The third-order valence-electron chi connectivity index (χ3n) is 21.7. The molecule has 3 N–H and O–H groups in total. The fraction of sp³-hybridized carbons (Fsp3) is 0.959. The fourth-order valence-corrected chi connectivity index (χ4v) is 16.3. The summed E-state index contributed by atoms with van der Waals surface area (Å²) in [7, 11) is 28.2. The maximum Gasteiger partial charge on any atom is 0.314 e. The number of aliphatic hydroxyl groups is 1. The zero-order valence-corrected chi connectivity index (χ0v) is 67.6. The Morgan fingerprint density at radius 1 is 0.282 bits per heavy atom. The summed E-state index contributed by atoms with van der Waals surface area (Å²) in [5.41, 5.74) is 0. The van der Waals surface area contributed by atoms with E-state index in [2.05, 4.69) is 17.2 Å². The largest absolute Gasteiger partial charge is 0.394 e. The highest BCUT2D eigenvalue weighted by molar-refractivity contribution is 5.73. The number of rotatable bonds is 37. The number of hydrogen-bond acceptors (Lipinski definition) is 35. The van der Waals surface area contributed by atoms with Gasteiger partial charge in [-0.05, 0) is 19.3 Å². The molecule has 21 saturated heterocycles. The molecule has 37 heteroatoms. The maximum atomic E-state index is 13.9. The lowest BCUT2D eigenvalue weighted by Crippen LogP contribution is -2.69. The molecule has 0 aromatic carbocycles. The Balaban J connectivity index is 1.21. The normalized spacial score (nSPS) is 42.2. The minimum atomic E-state index is -1.38. The van der Waals surface area contributed by atoms with Gasteiger partial charge >= 0.3 is 6.03 Å². The van der Waals surface area contributed by atoms with Crippen LogP contribution >= 0.6 is 0 Å². The first-order valence-corrected chi connectivity index (χ1v) is 37.8. The van der Waals surface area contributed by atoms with Gasteiger partial charge in [-0.15, -0.1) is 6.58 Å². The molecule has 21 aliphatic heterocycles. The zero-order valence-electron chi connectivity index (χ0n) is 67.6. The molecule has 14 bridgehead atoms. The molecule has 37 nitrogen and oxygen atoms in total. The second-order valence-electron chi connectivity index (χ2n) is 28.0. The molecule has 0 radical (unpaired) electrons. The summed E-state index contributed by atoms with van der Waals surface area (Å²) in [4.78, 5) is 13.9. The molecule has 1 unspecified atom stereocenters. The molecule has 0 saturated carbocycles. The molecule has 21 fully saturated rings. The predicted octanol–water partition coefficient (Wildman–Crippen LogP) is 0.811. The van der Waals surface area contributed by atoms with Gasteiger partial charge in [0.2, 0.25) is 0 Å². The minimum Gasteiger partial charge on any atom is -0.394 e. The summed E-state index contributed by atoms with van der Waals surface area (Å²) >= 11 is 0. The smallest absolute Gasteiger partial charge is 0.314 e. The van der Waals surface area contributed by atoms with Gasteiger partial charge in [-0.1, -0.05) is 38.2 Å². The summed E-state index contributed by atoms with van der Waals surface area (Å²) in [5, 5.41) is 17.5. The van der Waals surface area contributed by atoms with Crippen molar-refractivity contribution in [3.05, 3.63) is 12.7 Å². The third kappa shape index (κ3) is 22.3. The second-order valence-corrected chi connectivity index (χ2v) is 28.0. The molecule has 2 amide bonds. The summed E-state index contributed by atoms with van der Waals surface area (Å²) in [6, 6.07) is -0.472. The van der Waals surface area contributed by atoms with E-state index in [1.165, 1.54) is 135 Å². The van der Waals surface area contributed by atoms with Crippen molar-refractivity contribution in [2.75, 3.05) is 188 Å². The maximum absolute atomic E-state index is 13.9. The van der Waals surface area contributed by atoms with Crippen molar-refractivity contribution in [1.82, 2.24) is 10.6 Å². The second kappa shape index (κ2) is 47.9. The topological polar surface area (TPSA) is 366 Å². The Hall–Kier alpha value is -2.35. The van der Waals surface area contributed by atoms with Crippen LogP contribution < -0.4 is 10.6 Å². The number of amides is 2. The van der Waals surface area contributed by atoms with Crippen molar-refractivity contribution in [2.24, 2.45) is 0 Å². The van der Waals surface area contributed by atoms with Gasteiger partial charge in [0.05, 0.1) is 39.6 Å². The Morgan fingerprint density at radius 2 is 0.491 bits per heavy atom. The van der Waals surface area contributed by atoms with Gasteiger partial charge in [-0.2, -0.15) is 0 Å². The first-order valence-electron chi connectivity index (χ1n) is 37.8. The average Bonchev–Trinajstić information content (AvgIpc) is 0.768. The molecule has 21 aliphatic rings. The number of unbranched alkanes of at least 4 members (excludes halogenated alkanes) is 7. The lowest BCUT2D eigenvalue weighted by molar-refractivity contribution is -0.402. The number of nitrogens with one attached hydrogen (secondary N) is 2. The summed E-state index contributed by atoms with van der Waals surface area (Å²) in [5.74, 6) is 0. The molecule has 110 heavy (non-hydrogen) atoms. The van der Waals surface area contributed by atoms with Gasteiger partial charge in [-0.25, -0.2) is 4.79 Å². The highest BCUT2D eigenvalue weighted by Crippen LogP contribution is 2.43. The van der Waals surface area contributed by atoms with Crippen molar-refractivity contribution in [1.29, 1.82) is 0 Å². The van der Waals surface area contributed by atoms with Crippen LogP contribution in [0.3, 0.4) is 0 Å². The van der Waals surface area contributed by atoms with Crippen LogP contribution in [-0.4, -0.2) is 414 Å². The first kappa shape index (κ1) is 93.2. The Bertz CT molecular complexity index is 2540. The molecule has 21 rings (SSSR count). The van der Waals surface area contributed by atoms with Gasteiger partial charge in [0.25, 0.3) is 0 Å². The number of carbonyl (C=O) groups is 1. The minimum absolute atomic E-state index is 0.0569. The van der Waals surface area contributed by atoms with E-state index in [4.69, 9.17) is 156 Å². The lowest BCUT2D eigenvalue weighted by atomic mass is 9.94. The summed E-state index contributed by atoms with van der Waals surface area (Å²) in [6.45, 7) is 3.04. The van der Waals surface area contributed by atoms with Crippen LogP contribution in [0.1, 0.15) is 51.4 Å². The van der Waals surface area contributed by atoms with Crippen LogP contribution in [-0.2, 0) is 156 Å². The van der Waals surface area contributed by atoms with Crippen LogP contribution in [0.15, 0.2) is 12.7 Å². The molecule has 0 spiro atoms. The van der Waals surface area contributed by atoms with Crippen molar-refractivity contribution >= 4 is 6.03 Å². The number of urea groups is 1. The Kier molecular flexibility index (Phi) is 40.6. The standard InChI is InChI=1S/C73H130N2O35/c1-21-22-23-24-25-26-27-28-29-30-74-73(77)75-31-38-45-52(83-7)59(90-14)66(97-38)105-46-39(32-76)98-67(60(91-15)53(46)84-8)106-47-40(33-78-2)100-69(62(93-17)54(47)85-9)108-49-42(35-80-4)102-71(64(95-19)56(49)87-11)110-51-44(37-82-6)103-72(65(96-20)58(51)89-13)109-50-43(36-81-5)101-70(63(94-18)57(50)88-12)107-48-41(34-79-3)99-68(104-45)61(92-16)55(48)86-10/h21,38-72,76H,1,22-37H2,2-20H3,(H2,74,75,77)/t38-,39-,40-,41-,42-,43-,44-,45-,46-,47-,48-,49-,50-,51-,52+,53-,54-,55+,56+,57+,58+,59+,60+,61-,62+,63-,64-,65-,66-,67-,68-,69-,70-,71?,72-/m1/s1. The van der Waals surface area contributed by atoms with Crippen molar-refractivity contribution in [3.8, 4) is 0 Å². The molecular formula is C73H130N2O35. The van der Waals surface area contributed by atoms with E-state index in [9.17, 15) is 9.90 Å². The Labute approximate surface area is 647 Å². The van der Waals surface area contributed by atoms with Crippen LogP contribution in [0.25, 0.3) is 0 Å². The molecule has 0 aromatic rings. The predicted molar refractivity (Wildman–Crippen MR) is 381 cm³/mol. The fourth-order valence-electron chi connectivity index (χ4n) is 16.3. The van der Waals surface area contributed by atoms with E-state index in [-0.39, 0.29) is 39.6 Å². The third-order valence-corrected chi connectivity index (χ3v) is 21.7. The van der Waals surface area contributed by atoms with Gasteiger partial charge in [0.15, 0.2) is 44.0 Å². The van der Waals surface area contributed by atoms with Gasteiger partial charge in [0.1, 0.15) is 171 Å². The molecule has 642 valence electrons.